The number of aromatic nitrogens is 1. The van der Waals surface area contributed by atoms with Crippen LogP contribution in [-0.2, 0) is 11.3 Å². The first kappa shape index (κ1) is 16.3. The van der Waals surface area contributed by atoms with Crippen LogP contribution < -0.4 is 0 Å². The number of carbonyl (C=O) groups excluding carboxylic acids is 1. The number of ketones is 1. The number of carbonyl (C=O) groups is 1. The fourth-order valence-corrected chi connectivity index (χ4v) is 2.22. The first-order chi connectivity index (χ1) is 8.97. The van der Waals surface area contributed by atoms with Crippen LogP contribution in [0.25, 0.3) is 0 Å². The predicted molar refractivity (Wildman–Crippen MR) is 79.2 cm³/mol. The van der Waals surface area contributed by atoms with Gasteiger partial charge in [-0.15, -0.1) is 11.6 Å². The maximum atomic E-state index is 11.7. The average Bonchev–Trinajstić information content (AvgIpc) is 2.64. The zero-order chi connectivity index (χ0) is 14.4. The average molecular weight is 286 g/mol. The molecule has 0 aliphatic carbocycles. The molecule has 0 saturated heterocycles. The summed E-state index contributed by atoms with van der Waals surface area (Å²) < 4.78 is 7.74. The summed E-state index contributed by atoms with van der Waals surface area (Å²) in [6.07, 6.45) is 1.08. The zero-order valence-corrected chi connectivity index (χ0v) is 13.1. The van der Waals surface area contributed by atoms with E-state index in [1.165, 1.54) is 0 Å². The van der Waals surface area contributed by atoms with E-state index in [1.807, 2.05) is 19.9 Å². The van der Waals surface area contributed by atoms with E-state index in [0.717, 1.165) is 36.5 Å². The Balaban J connectivity index is 2.54. The molecule has 0 fully saturated rings. The molecule has 1 rings (SSSR count). The lowest BCUT2D eigenvalue weighted by atomic mass is 10.1. The fourth-order valence-electron chi connectivity index (χ4n) is 2.08. The van der Waals surface area contributed by atoms with Gasteiger partial charge in [0.05, 0.1) is 12.5 Å². The predicted octanol–water partition coefficient (Wildman–Crippen LogP) is 3.59. The van der Waals surface area contributed by atoms with Crippen LogP contribution in [0, 0.1) is 19.8 Å². The molecule has 0 aromatic carbocycles. The molecule has 0 bridgehead atoms. The Hall–Kier alpha value is -0.800. The number of rotatable bonds is 8. The summed E-state index contributed by atoms with van der Waals surface area (Å²) in [5.74, 6) is 0.694. The molecule has 0 atom stereocenters. The molecule has 1 heterocycles. The van der Waals surface area contributed by atoms with E-state index in [-0.39, 0.29) is 11.7 Å². The van der Waals surface area contributed by atoms with Crippen LogP contribution in [0.15, 0.2) is 6.07 Å². The molecule has 0 unspecified atom stereocenters. The molecule has 19 heavy (non-hydrogen) atoms. The van der Waals surface area contributed by atoms with Gasteiger partial charge in [0.25, 0.3) is 0 Å². The summed E-state index contributed by atoms with van der Waals surface area (Å²) in [6.45, 7) is 10.6. The van der Waals surface area contributed by atoms with Crippen molar-refractivity contribution in [3.05, 3.63) is 23.0 Å². The molecule has 0 spiro atoms. The summed E-state index contributed by atoms with van der Waals surface area (Å²) in [7, 11) is 0. The summed E-state index contributed by atoms with van der Waals surface area (Å²) in [5, 5.41) is 0. The largest absolute Gasteiger partial charge is 0.380 e. The first-order valence-corrected chi connectivity index (χ1v) is 7.34. The number of nitrogens with zero attached hydrogens (tertiary/aromatic N) is 1. The van der Waals surface area contributed by atoms with Gasteiger partial charge >= 0.3 is 0 Å². The van der Waals surface area contributed by atoms with Gasteiger partial charge in [-0.25, -0.2) is 0 Å². The minimum absolute atomic E-state index is 0.0123. The van der Waals surface area contributed by atoms with E-state index in [9.17, 15) is 4.79 Å². The van der Waals surface area contributed by atoms with Crippen LogP contribution in [0.4, 0.5) is 0 Å². The molecular formula is C15H24ClNO2. The minimum Gasteiger partial charge on any atom is -0.380 e. The van der Waals surface area contributed by atoms with Gasteiger partial charge in [0.15, 0.2) is 5.78 Å². The third kappa shape index (κ3) is 4.66. The van der Waals surface area contributed by atoms with Crippen LogP contribution in [0.1, 0.15) is 42.0 Å². The molecule has 108 valence electrons. The van der Waals surface area contributed by atoms with Crippen LogP contribution in [0.2, 0.25) is 0 Å². The number of hydrogen-bond acceptors (Lipinski definition) is 2. The molecule has 0 aliphatic rings. The lowest BCUT2D eigenvalue weighted by Gasteiger charge is -2.11. The van der Waals surface area contributed by atoms with Crippen molar-refractivity contribution >= 4 is 17.4 Å². The monoisotopic (exact) mass is 285 g/mol. The number of ether oxygens (including phenoxy) is 1. The van der Waals surface area contributed by atoms with Crippen LogP contribution >= 0.6 is 11.6 Å². The third-order valence-corrected chi connectivity index (χ3v) is 3.54. The normalized spacial score (nSPS) is 11.3. The molecule has 0 amide bonds. The van der Waals surface area contributed by atoms with Gasteiger partial charge in [-0.05, 0) is 32.3 Å². The molecular weight excluding hydrogens is 262 g/mol. The molecule has 3 nitrogen and oxygen atoms in total. The van der Waals surface area contributed by atoms with Crippen molar-refractivity contribution in [2.45, 2.75) is 40.7 Å². The van der Waals surface area contributed by atoms with Crippen molar-refractivity contribution in [2.75, 3.05) is 19.1 Å². The number of Topliss-reactive ketones (excluding diaryl/α,β-unsaturated/α-hetero) is 1. The molecule has 0 N–H and O–H groups in total. The van der Waals surface area contributed by atoms with Crippen LogP contribution in [0.5, 0.6) is 0 Å². The van der Waals surface area contributed by atoms with Crippen molar-refractivity contribution < 1.29 is 9.53 Å². The Kier molecular flexibility index (Phi) is 6.59. The quantitative estimate of drug-likeness (QED) is 0.415. The van der Waals surface area contributed by atoms with Crippen molar-refractivity contribution in [3.8, 4) is 0 Å². The Morgan fingerprint density at radius 2 is 2.05 bits per heavy atom. The molecule has 1 aromatic heterocycles. The summed E-state index contributed by atoms with van der Waals surface area (Å²) >= 11 is 5.61. The fraction of sp³-hybridized carbons (Fsp3) is 0.667. The van der Waals surface area contributed by atoms with Gasteiger partial charge in [0.2, 0.25) is 0 Å². The van der Waals surface area contributed by atoms with Crippen molar-refractivity contribution in [1.82, 2.24) is 4.57 Å². The van der Waals surface area contributed by atoms with E-state index < -0.39 is 0 Å². The SMILES string of the molecule is Cc1cc(C(=O)CCl)c(C)n1CCOCCC(C)C. The summed E-state index contributed by atoms with van der Waals surface area (Å²) in [4.78, 5) is 11.7. The molecule has 0 radical (unpaired) electrons. The van der Waals surface area contributed by atoms with Gasteiger partial charge < -0.3 is 9.30 Å². The standard InChI is InChI=1S/C15H24ClNO2/c1-11(2)5-7-19-8-6-17-12(3)9-14(13(17)4)15(18)10-16/h9,11H,5-8,10H2,1-4H3. The van der Waals surface area contributed by atoms with E-state index in [1.54, 1.807) is 0 Å². The lowest BCUT2D eigenvalue weighted by Crippen LogP contribution is -2.11. The van der Waals surface area contributed by atoms with Crippen LogP contribution in [0.3, 0.4) is 0 Å². The number of hydrogen-bond donors (Lipinski definition) is 0. The second-order valence-corrected chi connectivity index (χ2v) is 5.56. The van der Waals surface area contributed by atoms with Crippen molar-refractivity contribution in [2.24, 2.45) is 5.92 Å². The number of aryl methyl sites for hydroxylation is 1. The summed E-state index contributed by atoms with van der Waals surface area (Å²) in [6, 6.07) is 1.91. The number of halogens is 1. The Labute approximate surface area is 120 Å². The summed E-state index contributed by atoms with van der Waals surface area (Å²) in [5.41, 5.74) is 2.80. The van der Waals surface area contributed by atoms with Gasteiger partial charge in [-0.3, -0.25) is 4.79 Å². The van der Waals surface area contributed by atoms with Gasteiger partial charge in [-0.2, -0.15) is 0 Å². The maximum absolute atomic E-state index is 11.7. The topological polar surface area (TPSA) is 31.2 Å². The van der Waals surface area contributed by atoms with Crippen molar-refractivity contribution in [3.63, 3.8) is 0 Å². The lowest BCUT2D eigenvalue weighted by molar-refractivity contribution is 0.101. The molecule has 4 heteroatoms. The van der Waals surface area contributed by atoms with Crippen LogP contribution in [-0.4, -0.2) is 29.4 Å². The smallest absolute Gasteiger partial charge is 0.179 e. The highest BCUT2D eigenvalue weighted by molar-refractivity contribution is 6.30. The van der Waals surface area contributed by atoms with Gasteiger partial charge in [0.1, 0.15) is 0 Å². The van der Waals surface area contributed by atoms with E-state index >= 15 is 0 Å². The highest BCUT2D eigenvalue weighted by atomic mass is 35.5. The Bertz CT molecular complexity index is 424. The first-order valence-electron chi connectivity index (χ1n) is 6.81. The Morgan fingerprint density at radius 3 is 2.63 bits per heavy atom. The molecule has 0 saturated carbocycles. The van der Waals surface area contributed by atoms with Gasteiger partial charge in [0, 0.05) is 30.1 Å². The van der Waals surface area contributed by atoms with E-state index in [2.05, 4.69) is 18.4 Å². The second-order valence-electron chi connectivity index (χ2n) is 5.29. The Morgan fingerprint density at radius 1 is 1.37 bits per heavy atom. The highest BCUT2D eigenvalue weighted by Crippen LogP contribution is 2.16. The third-order valence-electron chi connectivity index (χ3n) is 3.29. The van der Waals surface area contributed by atoms with Gasteiger partial charge in [-0.1, -0.05) is 13.8 Å². The van der Waals surface area contributed by atoms with E-state index in [4.69, 9.17) is 16.3 Å². The molecule has 0 aliphatic heterocycles. The zero-order valence-electron chi connectivity index (χ0n) is 12.3. The van der Waals surface area contributed by atoms with E-state index in [0.29, 0.717) is 12.5 Å². The second kappa shape index (κ2) is 7.71. The molecule has 1 aromatic rings. The maximum Gasteiger partial charge on any atom is 0.179 e. The highest BCUT2D eigenvalue weighted by Gasteiger charge is 2.14. The van der Waals surface area contributed by atoms with Crippen molar-refractivity contribution in [1.29, 1.82) is 0 Å². The minimum atomic E-state index is -0.0123. The number of alkyl halides is 1.